The van der Waals surface area contributed by atoms with Crippen LogP contribution in [0.25, 0.3) is 0 Å². The van der Waals surface area contributed by atoms with Crippen LogP contribution in [0.15, 0.2) is 21.9 Å². The van der Waals surface area contributed by atoms with Gasteiger partial charge in [-0.05, 0) is 12.8 Å². The van der Waals surface area contributed by atoms with Gasteiger partial charge in [-0.2, -0.15) is 0 Å². The molecule has 138 valence electrons. The largest absolute Gasteiger partial charge is 0.357 e. The summed E-state index contributed by atoms with van der Waals surface area (Å²) in [5.74, 6) is 1.29. The minimum atomic E-state index is -1.45. The lowest BCUT2D eigenvalue weighted by Crippen LogP contribution is -2.48. The van der Waals surface area contributed by atoms with E-state index in [1.165, 1.54) is 19.3 Å². The number of terminal acetylenes is 1. The second-order valence-electron chi connectivity index (χ2n) is 6.74. The molecule has 1 saturated carbocycles. The van der Waals surface area contributed by atoms with Gasteiger partial charge in [0.1, 0.15) is 6.10 Å². The molecule has 0 aromatic carbocycles. The van der Waals surface area contributed by atoms with E-state index >= 15 is 0 Å². The van der Waals surface area contributed by atoms with Crippen molar-refractivity contribution in [2.75, 3.05) is 7.05 Å². The number of carbonyl (C=O) groups is 1. The van der Waals surface area contributed by atoms with E-state index in [1.807, 2.05) is 0 Å². The molecule has 4 unspecified atom stereocenters. The summed E-state index contributed by atoms with van der Waals surface area (Å²) in [4.78, 5) is 38.2. The van der Waals surface area contributed by atoms with Crippen LogP contribution in [0.4, 0.5) is 0 Å². The Kier molecular flexibility index (Phi) is 3.80. The first-order valence-corrected chi connectivity index (χ1v) is 8.49. The third-order valence-corrected chi connectivity index (χ3v) is 5.24. The first-order chi connectivity index (χ1) is 12.4. The zero-order valence-electron chi connectivity index (χ0n) is 14.2. The Morgan fingerprint density at radius 3 is 2.77 bits per heavy atom. The number of nitrogens with zero attached hydrogens (tertiary/aromatic N) is 1. The number of hydrogen-bond donors (Lipinski definition) is 2. The molecule has 1 spiro atoms. The molecule has 3 heterocycles. The molecule has 2 aliphatic heterocycles. The van der Waals surface area contributed by atoms with Crippen LogP contribution in [-0.2, 0) is 19.0 Å². The number of likely N-dealkylation sites (N-methyl/N-ethyl adjacent to an activating group) is 1. The van der Waals surface area contributed by atoms with Crippen LogP contribution in [0.1, 0.15) is 31.9 Å². The van der Waals surface area contributed by atoms with Crippen molar-refractivity contribution < 1.29 is 19.0 Å². The van der Waals surface area contributed by atoms with E-state index in [-0.39, 0.29) is 0 Å². The molecule has 0 radical (unpaired) electrons. The van der Waals surface area contributed by atoms with Gasteiger partial charge in [0.05, 0.1) is 0 Å². The minimum Gasteiger partial charge on any atom is -0.357 e. The molecular formula is C17H19N3O6. The summed E-state index contributed by atoms with van der Waals surface area (Å²) < 4.78 is 19.3. The number of aromatic nitrogens is 2. The molecule has 9 nitrogen and oxygen atoms in total. The Balaban J connectivity index is 1.84. The molecule has 3 fully saturated rings. The number of amides is 1. The van der Waals surface area contributed by atoms with Gasteiger partial charge in [-0.25, -0.2) is 4.79 Å². The number of carbonyl (C=O) groups excluding carboxylic acids is 1. The van der Waals surface area contributed by atoms with Crippen molar-refractivity contribution in [3.63, 3.8) is 0 Å². The Hall–Kier alpha value is -2.41. The molecule has 3 aliphatic rings. The molecule has 26 heavy (non-hydrogen) atoms. The van der Waals surface area contributed by atoms with Crippen molar-refractivity contribution in [3.05, 3.63) is 33.1 Å². The summed E-state index contributed by atoms with van der Waals surface area (Å²) in [6.45, 7) is 0. The van der Waals surface area contributed by atoms with Gasteiger partial charge in [0.25, 0.3) is 11.5 Å². The smallest absolute Gasteiger partial charge is 0.330 e. The topological polar surface area (TPSA) is 112 Å². The van der Waals surface area contributed by atoms with Crippen LogP contribution in [0.3, 0.4) is 0 Å². The van der Waals surface area contributed by atoms with Gasteiger partial charge in [0, 0.05) is 32.2 Å². The third kappa shape index (κ3) is 2.26. The zero-order chi connectivity index (χ0) is 18.5. The maximum atomic E-state index is 12.3. The summed E-state index contributed by atoms with van der Waals surface area (Å²) in [7, 11) is 1.48. The normalized spacial score (nSPS) is 34.5. The van der Waals surface area contributed by atoms with E-state index in [2.05, 4.69) is 16.2 Å². The molecular weight excluding hydrogens is 342 g/mol. The van der Waals surface area contributed by atoms with Gasteiger partial charge in [0.2, 0.25) is 5.60 Å². The van der Waals surface area contributed by atoms with Crippen molar-refractivity contribution >= 4 is 5.91 Å². The molecule has 9 heteroatoms. The lowest BCUT2D eigenvalue weighted by Gasteiger charge is -2.30. The summed E-state index contributed by atoms with van der Waals surface area (Å²) in [5, 5.41) is 2.52. The number of aromatic amines is 1. The van der Waals surface area contributed by atoms with Gasteiger partial charge in [-0.15, -0.1) is 6.42 Å². The predicted molar refractivity (Wildman–Crippen MR) is 88.0 cm³/mol. The highest BCUT2D eigenvalue weighted by atomic mass is 16.8. The number of rotatable bonds is 2. The fraction of sp³-hybridized carbons (Fsp3) is 0.588. The van der Waals surface area contributed by atoms with E-state index in [0.717, 1.165) is 17.4 Å². The highest BCUT2D eigenvalue weighted by molar-refractivity contribution is 5.82. The zero-order valence-corrected chi connectivity index (χ0v) is 14.2. The van der Waals surface area contributed by atoms with E-state index in [0.29, 0.717) is 12.8 Å². The predicted octanol–water partition coefficient (Wildman–Crippen LogP) is -0.762. The molecule has 1 amide bonds. The Labute approximate surface area is 148 Å². The minimum absolute atomic E-state index is 0.423. The quantitative estimate of drug-likeness (QED) is 0.670. The molecule has 4 atom stereocenters. The summed E-state index contributed by atoms with van der Waals surface area (Å²) in [6.07, 6.45) is 7.22. The van der Waals surface area contributed by atoms with E-state index in [4.69, 9.17) is 20.6 Å². The summed E-state index contributed by atoms with van der Waals surface area (Å²) >= 11 is 0. The van der Waals surface area contributed by atoms with Crippen molar-refractivity contribution in [2.45, 2.75) is 55.5 Å². The van der Waals surface area contributed by atoms with Crippen molar-refractivity contribution in [1.82, 2.24) is 14.9 Å². The van der Waals surface area contributed by atoms with Crippen LogP contribution >= 0.6 is 0 Å². The van der Waals surface area contributed by atoms with Gasteiger partial charge >= 0.3 is 5.69 Å². The van der Waals surface area contributed by atoms with Crippen LogP contribution in [-0.4, -0.2) is 46.1 Å². The van der Waals surface area contributed by atoms with Gasteiger partial charge in [0.15, 0.2) is 18.1 Å². The lowest BCUT2D eigenvalue weighted by molar-refractivity contribution is -0.223. The van der Waals surface area contributed by atoms with E-state index in [9.17, 15) is 14.4 Å². The molecule has 1 aliphatic carbocycles. The first kappa shape index (κ1) is 17.0. The number of H-pyrrole nitrogens is 1. The number of ether oxygens (including phenoxy) is 3. The SMILES string of the molecule is C#CC12OC3(CCCC3)OC1C(C(=O)NC)OC2n1ccc(=O)[nH]c1=O. The number of fused-ring (bicyclic) bond motifs is 1. The summed E-state index contributed by atoms with van der Waals surface area (Å²) in [5.41, 5.74) is -2.71. The van der Waals surface area contributed by atoms with Crippen molar-refractivity contribution in [1.29, 1.82) is 0 Å². The number of hydrogen-bond acceptors (Lipinski definition) is 6. The molecule has 0 bridgehead atoms. The average Bonchev–Trinajstić information content (AvgIpc) is 3.28. The van der Waals surface area contributed by atoms with Crippen molar-refractivity contribution in [2.24, 2.45) is 0 Å². The van der Waals surface area contributed by atoms with Gasteiger partial charge in [-0.1, -0.05) is 5.92 Å². The first-order valence-electron chi connectivity index (χ1n) is 8.49. The second kappa shape index (κ2) is 5.81. The van der Waals surface area contributed by atoms with Gasteiger partial charge in [-0.3, -0.25) is 19.1 Å². The standard InChI is InChI=1S/C17H19N3O6/c1-3-17-12(25-16(26-17)7-4-5-8-16)11(13(22)18-2)24-14(17)20-9-6-10(21)19-15(20)23/h1,6,9,11-12,14H,4-5,7-8H2,2H3,(H,18,22)(H,19,21,23). The van der Waals surface area contributed by atoms with Crippen LogP contribution in [0.2, 0.25) is 0 Å². The van der Waals surface area contributed by atoms with Crippen LogP contribution < -0.4 is 16.6 Å². The molecule has 4 rings (SSSR count). The number of nitrogens with one attached hydrogen (secondary N) is 2. The second-order valence-corrected chi connectivity index (χ2v) is 6.74. The Bertz CT molecular complexity index is 893. The van der Waals surface area contributed by atoms with Crippen LogP contribution in [0, 0.1) is 12.3 Å². The monoisotopic (exact) mass is 361 g/mol. The maximum absolute atomic E-state index is 12.3. The Morgan fingerprint density at radius 1 is 1.42 bits per heavy atom. The molecule has 1 aromatic rings. The fourth-order valence-electron chi connectivity index (χ4n) is 4.04. The Morgan fingerprint density at radius 2 is 2.15 bits per heavy atom. The molecule has 2 saturated heterocycles. The molecule has 2 N–H and O–H groups in total. The lowest BCUT2D eigenvalue weighted by atomic mass is 9.94. The van der Waals surface area contributed by atoms with E-state index in [1.54, 1.807) is 0 Å². The third-order valence-electron chi connectivity index (χ3n) is 5.24. The summed E-state index contributed by atoms with van der Waals surface area (Å²) in [6, 6.07) is 1.18. The average molecular weight is 361 g/mol. The van der Waals surface area contributed by atoms with Crippen LogP contribution in [0.5, 0.6) is 0 Å². The maximum Gasteiger partial charge on any atom is 0.330 e. The highest BCUT2D eigenvalue weighted by Gasteiger charge is 2.70. The van der Waals surface area contributed by atoms with Crippen molar-refractivity contribution in [3.8, 4) is 12.3 Å². The molecule has 1 aromatic heterocycles. The van der Waals surface area contributed by atoms with Gasteiger partial charge < -0.3 is 19.5 Å². The highest BCUT2D eigenvalue weighted by Crippen LogP contribution is 2.54. The fourth-order valence-corrected chi connectivity index (χ4v) is 4.04. The van der Waals surface area contributed by atoms with E-state index < -0.39 is 47.0 Å².